The summed E-state index contributed by atoms with van der Waals surface area (Å²) in [6.07, 6.45) is -0.586. The molecule has 178 valence electrons. The first-order valence-electron chi connectivity index (χ1n) is 10.5. The van der Waals surface area contributed by atoms with E-state index in [2.05, 4.69) is 10.3 Å². The molecule has 0 saturated carbocycles. The average Bonchev–Trinajstić information content (AvgIpc) is 3.27. The van der Waals surface area contributed by atoms with E-state index in [-0.39, 0.29) is 27.8 Å². The Kier molecular flexibility index (Phi) is 5.96. The van der Waals surface area contributed by atoms with Crippen LogP contribution in [0.2, 0.25) is 0 Å². The maximum absolute atomic E-state index is 12.1. The monoisotopic (exact) mass is 475 g/mol. The number of carbonyl (C=O) groups excluding carboxylic acids is 1. The van der Waals surface area contributed by atoms with Crippen molar-refractivity contribution in [3.63, 3.8) is 0 Å². The summed E-state index contributed by atoms with van der Waals surface area (Å²) in [6, 6.07) is 15.5. The minimum atomic E-state index is -1.24. The highest BCUT2D eigenvalue weighted by Crippen LogP contribution is 2.32. The zero-order chi connectivity index (χ0) is 25.3. The second-order valence-electron chi connectivity index (χ2n) is 8.69. The third-order valence-corrected chi connectivity index (χ3v) is 4.88. The molecule has 2 heterocycles. The third-order valence-electron chi connectivity index (χ3n) is 4.88. The molecule has 1 amide bonds. The van der Waals surface area contributed by atoms with Gasteiger partial charge in [0, 0.05) is 28.8 Å². The molecule has 0 atom stereocenters. The van der Waals surface area contributed by atoms with Crippen LogP contribution in [0.25, 0.3) is 33.7 Å². The topological polar surface area (TPSA) is 145 Å². The van der Waals surface area contributed by atoms with Crippen LogP contribution in [0.1, 0.15) is 31.1 Å². The van der Waals surface area contributed by atoms with Gasteiger partial charge in [0.05, 0.1) is 16.0 Å². The van der Waals surface area contributed by atoms with Crippen molar-refractivity contribution in [1.82, 2.24) is 4.98 Å². The highest BCUT2D eigenvalue weighted by Gasteiger charge is 2.19. The van der Waals surface area contributed by atoms with Crippen LogP contribution in [0.4, 0.5) is 16.2 Å². The summed E-state index contributed by atoms with van der Waals surface area (Å²) >= 11 is 0. The molecule has 0 unspecified atom stereocenters. The number of non-ortho nitro benzene ring substituents is 1. The second kappa shape index (κ2) is 8.90. The SMILES string of the molecule is CC(C)(C)OC(=O)Nc1cccc(-c2ccc(-c3cc(C(=O)O)c4cc([N+](=O)[O-])ccc4n3)o2)c1. The maximum Gasteiger partial charge on any atom is 0.412 e. The molecule has 0 aliphatic heterocycles. The minimum Gasteiger partial charge on any atom is -0.478 e. The second-order valence-corrected chi connectivity index (χ2v) is 8.69. The molecule has 2 N–H and O–H groups in total. The molecule has 0 saturated heterocycles. The van der Waals surface area contributed by atoms with Gasteiger partial charge in [-0.05, 0) is 57.2 Å². The number of nitro benzene ring substituents is 1. The summed E-state index contributed by atoms with van der Waals surface area (Å²) in [7, 11) is 0. The van der Waals surface area contributed by atoms with E-state index in [9.17, 15) is 24.8 Å². The fraction of sp³-hybridized carbons (Fsp3) is 0.160. The number of nitro groups is 1. The molecule has 0 bridgehead atoms. The van der Waals surface area contributed by atoms with Gasteiger partial charge in [0.2, 0.25) is 0 Å². The molecule has 35 heavy (non-hydrogen) atoms. The third kappa shape index (κ3) is 5.27. The summed E-state index contributed by atoms with van der Waals surface area (Å²) < 4.78 is 11.2. The van der Waals surface area contributed by atoms with Crippen LogP contribution in [0.5, 0.6) is 0 Å². The summed E-state index contributed by atoms with van der Waals surface area (Å²) in [5, 5.41) is 23.6. The molecule has 0 aliphatic rings. The molecule has 10 nitrogen and oxygen atoms in total. The molecule has 0 aliphatic carbocycles. The number of nitrogens with zero attached hydrogens (tertiary/aromatic N) is 2. The molecule has 0 fully saturated rings. The summed E-state index contributed by atoms with van der Waals surface area (Å²) in [5.41, 5.74) is 0.729. The van der Waals surface area contributed by atoms with Crippen LogP contribution < -0.4 is 5.32 Å². The number of anilines is 1. The highest BCUT2D eigenvalue weighted by atomic mass is 16.6. The molecule has 10 heteroatoms. The molecule has 2 aromatic carbocycles. The van der Waals surface area contributed by atoms with Gasteiger partial charge in [0.1, 0.15) is 17.1 Å². The number of rotatable bonds is 5. The molecule has 0 spiro atoms. The van der Waals surface area contributed by atoms with Crippen molar-refractivity contribution >= 4 is 34.3 Å². The Labute approximate surface area is 199 Å². The predicted octanol–water partition coefficient (Wildman–Crippen LogP) is 6.12. The smallest absolute Gasteiger partial charge is 0.412 e. The van der Waals surface area contributed by atoms with Crippen LogP contribution in [0.15, 0.2) is 65.1 Å². The molecule has 0 radical (unpaired) electrons. The first-order chi connectivity index (χ1) is 16.5. The van der Waals surface area contributed by atoms with Gasteiger partial charge >= 0.3 is 12.1 Å². The number of amides is 1. The van der Waals surface area contributed by atoms with Crippen molar-refractivity contribution in [1.29, 1.82) is 0 Å². The van der Waals surface area contributed by atoms with Crippen LogP contribution in [0, 0.1) is 10.1 Å². The van der Waals surface area contributed by atoms with Crippen molar-refractivity contribution < 1.29 is 28.8 Å². The van der Waals surface area contributed by atoms with E-state index < -0.39 is 22.6 Å². The van der Waals surface area contributed by atoms with Gasteiger partial charge in [-0.3, -0.25) is 15.4 Å². The van der Waals surface area contributed by atoms with Gasteiger partial charge in [-0.25, -0.2) is 14.6 Å². The van der Waals surface area contributed by atoms with E-state index >= 15 is 0 Å². The number of hydrogen-bond donors (Lipinski definition) is 2. The summed E-state index contributed by atoms with van der Waals surface area (Å²) in [6.45, 7) is 5.31. The van der Waals surface area contributed by atoms with Crippen LogP contribution >= 0.6 is 0 Å². The number of furan rings is 1. The van der Waals surface area contributed by atoms with E-state index in [4.69, 9.17) is 9.15 Å². The Balaban J connectivity index is 1.66. The van der Waals surface area contributed by atoms with Gasteiger partial charge < -0.3 is 14.3 Å². The molecule has 2 aromatic heterocycles. The van der Waals surface area contributed by atoms with E-state index in [1.807, 2.05) is 0 Å². The molecular weight excluding hydrogens is 454 g/mol. The van der Waals surface area contributed by atoms with Gasteiger partial charge in [-0.1, -0.05) is 12.1 Å². The van der Waals surface area contributed by atoms with E-state index in [0.29, 0.717) is 22.8 Å². The number of ether oxygens (including phenoxy) is 1. The van der Waals surface area contributed by atoms with Gasteiger partial charge in [0.25, 0.3) is 5.69 Å². The summed E-state index contributed by atoms with van der Waals surface area (Å²) in [5.74, 6) is -0.463. The molecular formula is C25H21N3O7. The average molecular weight is 475 g/mol. The quantitative estimate of drug-likeness (QED) is 0.259. The van der Waals surface area contributed by atoms with Crippen molar-refractivity contribution in [2.45, 2.75) is 26.4 Å². The Hall–Kier alpha value is -4.73. The number of carboxylic acids is 1. The largest absolute Gasteiger partial charge is 0.478 e. The number of carboxylic acid groups (broad SMARTS) is 1. The number of benzene rings is 2. The Morgan fingerprint density at radius 2 is 1.80 bits per heavy atom. The Morgan fingerprint density at radius 3 is 2.49 bits per heavy atom. The molecule has 4 aromatic rings. The fourth-order valence-corrected chi connectivity index (χ4v) is 3.43. The van der Waals surface area contributed by atoms with Crippen LogP contribution in [0.3, 0.4) is 0 Å². The van der Waals surface area contributed by atoms with E-state index in [1.165, 1.54) is 24.3 Å². The fourth-order valence-electron chi connectivity index (χ4n) is 3.43. The first kappa shape index (κ1) is 23.4. The first-order valence-corrected chi connectivity index (χ1v) is 10.5. The van der Waals surface area contributed by atoms with Crippen molar-refractivity contribution in [3.8, 4) is 22.8 Å². The lowest BCUT2D eigenvalue weighted by Crippen LogP contribution is -2.27. The lowest BCUT2D eigenvalue weighted by molar-refractivity contribution is -0.384. The lowest BCUT2D eigenvalue weighted by atomic mass is 10.1. The van der Waals surface area contributed by atoms with Gasteiger partial charge in [0.15, 0.2) is 5.76 Å². The number of aromatic nitrogens is 1. The standard InChI is InChI=1S/C25H21N3O7/c1-25(2,3)35-24(31)26-15-6-4-5-14(11-15)21-9-10-22(34-21)20-13-18(23(29)30)17-12-16(28(32)33)7-8-19(17)27-20/h4-13H,1-3H3,(H,26,31)(H,29,30). The van der Waals surface area contributed by atoms with E-state index in [0.717, 1.165) is 0 Å². The number of hydrogen-bond acceptors (Lipinski definition) is 7. The lowest BCUT2D eigenvalue weighted by Gasteiger charge is -2.19. The number of aromatic carboxylic acids is 1. The number of nitrogens with one attached hydrogen (secondary N) is 1. The minimum absolute atomic E-state index is 0.129. The van der Waals surface area contributed by atoms with Crippen LogP contribution in [-0.4, -0.2) is 32.7 Å². The predicted molar refractivity (Wildman–Crippen MR) is 128 cm³/mol. The van der Waals surface area contributed by atoms with Crippen molar-refractivity contribution in [3.05, 3.63) is 76.3 Å². The Bertz CT molecular complexity index is 1470. The number of carbonyl (C=O) groups is 2. The van der Waals surface area contributed by atoms with Crippen molar-refractivity contribution in [2.24, 2.45) is 0 Å². The normalized spacial score (nSPS) is 11.3. The molecule has 4 rings (SSSR count). The van der Waals surface area contributed by atoms with Crippen molar-refractivity contribution in [2.75, 3.05) is 5.32 Å². The highest BCUT2D eigenvalue weighted by molar-refractivity contribution is 6.04. The maximum atomic E-state index is 12.1. The summed E-state index contributed by atoms with van der Waals surface area (Å²) in [4.78, 5) is 38.8. The van der Waals surface area contributed by atoms with E-state index in [1.54, 1.807) is 57.2 Å². The van der Waals surface area contributed by atoms with Gasteiger partial charge in [-0.15, -0.1) is 0 Å². The number of fused-ring (bicyclic) bond motifs is 1. The zero-order valence-corrected chi connectivity index (χ0v) is 19.1. The van der Waals surface area contributed by atoms with Crippen LogP contribution in [-0.2, 0) is 4.74 Å². The zero-order valence-electron chi connectivity index (χ0n) is 19.1. The number of pyridine rings is 1. The van der Waals surface area contributed by atoms with Gasteiger partial charge in [-0.2, -0.15) is 0 Å². The Morgan fingerprint density at radius 1 is 1.06 bits per heavy atom.